The Labute approximate surface area is 144 Å². The number of piperazine rings is 1. The first kappa shape index (κ1) is 18.5. The summed E-state index contributed by atoms with van der Waals surface area (Å²) in [4.78, 5) is 8.70. The van der Waals surface area contributed by atoms with Crippen LogP contribution in [-0.4, -0.2) is 62.7 Å². The maximum Gasteiger partial charge on any atom is 0.193 e. The van der Waals surface area contributed by atoms with Gasteiger partial charge in [-0.15, -0.1) is 0 Å². The van der Waals surface area contributed by atoms with E-state index in [1.165, 1.54) is 6.07 Å². The Morgan fingerprint density at radius 3 is 2.38 bits per heavy atom. The van der Waals surface area contributed by atoms with Crippen molar-refractivity contribution in [3.8, 4) is 0 Å². The van der Waals surface area contributed by atoms with Gasteiger partial charge in [0.15, 0.2) is 5.96 Å². The van der Waals surface area contributed by atoms with E-state index in [1.807, 2.05) is 19.2 Å². The van der Waals surface area contributed by atoms with Gasteiger partial charge in [-0.25, -0.2) is 4.39 Å². The zero-order chi connectivity index (χ0) is 17.6. The summed E-state index contributed by atoms with van der Waals surface area (Å²) in [6.45, 7) is 11.4. The zero-order valence-electron chi connectivity index (χ0n) is 15.3. The standard InChI is InChI=1S/C18H30FN5/c1-18(2,3)22-10-9-21-17(20-4)24-13-11-23(12-14-24)16-8-6-5-7-15(16)19/h5-8,22H,9-14H2,1-4H3,(H,20,21). The van der Waals surface area contributed by atoms with Gasteiger partial charge in [-0.2, -0.15) is 0 Å². The SMILES string of the molecule is CN=C(NCCNC(C)(C)C)N1CCN(c2ccccc2F)CC1. The fourth-order valence-corrected chi connectivity index (χ4v) is 2.81. The van der Waals surface area contributed by atoms with Crippen LogP contribution >= 0.6 is 0 Å². The van der Waals surface area contributed by atoms with Gasteiger partial charge in [0.2, 0.25) is 0 Å². The number of guanidine groups is 1. The molecule has 0 unspecified atom stereocenters. The lowest BCUT2D eigenvalue weighted by Crippen LogP contribution is -2.53. The minimum absolute atomic E-state index is 0.122. The Balaban J connectivity index is 1.81. The highest BCUT2D eigenvalue weighted by atomic mass is 19.1. The number of hydrogen-bond donors (Lipinski definition) is 2. The molecule has 134 valence electrons. The van der Waals surface area contributed by atoms with Crippen molar-refractivity contribution in [2.75, 3.05) is 51.2 Å². The molecule has 1 aliphatic rings. The summed E-state index contributed by atoms with van der Waals surface area (Å²) >= 11 is 0. The highest BCUT2D eigenvalue weighted by molar-refractivity contribution is 5.80. The van der Waals surface area contributed by atoms with Crippen LogP contribution in [0.15, 0.2) is 29.3 Å². The van der Waals surface area contributed by atoms with Crippen LogP contribution in [0, 0.1) is 5.82 Å². The number of nitrogens with one attached hydrogen (secondary N) is 2. The summed E-state index contributed by atoms with van der Waals surface area (Å²) in [6, 6.07) is 6.97. The number of halogens is 1. The Morgan fingerprint density at radius 2 is 1.79 bits per heavy atom. The maximum atomic E-state index is 13.9. The summed E-state index contributed by atoms with van der Waals surface area (Å²) in [5.74, 6) is 0.764. The summed E-state index contributed by atoms with van der Waals surface area (Å²) in [5.41, 5.74) is 0.811. The molecule has 2 rings (SSSR count). The largest absolute Gasteiger partial charge is 0.366 e. The lowest BCUT2D eigenvalue weighted by atomic mass is 10.1. The van der Waals surface area contributed by atoms with Crippen molar-refractivity contribution < 1.29 is 4.39 Å². The normalized spacial score (nSPS) is 16.5. The van der Waals surface area contributed by atoms with Crippen molar-refractivity contribution >= 4 is 11.6 Å². The summed E-state index contributed by atoms with van der Waals surface area (Å²) < 4.78 is 13.9. The number of nitrogens with zero attached hydrogens (tertiary/aromatic N) is 3. The van der Waals surface area contributed by atoms with E-state index in [0.717, 1.165) is 45.2 Å². The summed E-state index contributed by atoms with van der Waals surface area (Å²) in [5, 5.41) is 6.85. The quantitative estimate of drug-likeness (QED) is 0.501. The van der Waals surface area contributed by atoms with Gasteiger partial charge in [-0.3, -0.25) is 4.99 Å². The number of anilines is 1. The third-order valence-electron chi connectivity index (χ3n) is 4.05. The maximum absolute atomic E-state index is 13.9. The summed E-state index contributed by atoms with van der Waals surface area (Å²) in [7, 11) is 1.81. The molecule has 0 bridgehead atoms. The van der Waals surface area contributed by atoms with Crippen LogP contribution in [0.3, 0.4) is 0 Å². The number of hydrogen-bond acceptors (Lipinski definition) is 3. The Morgan fingerprint density at radius 1 is 1.12 bits per heavy atom. The van der Waals surface area contributed by atoms with E-state index in [1.54, 1.807) is 6.07 Å². The number of para-hydroxylation sites is 1. The Bertz CT molecular complexity index is 545. The minimum atomic E-state index is -0.151. The predicted octanol–water partition coefficient (Wildman–Crippen LogP) is 1.91. The molecule has 2 N–H and O–H groups in total. The predicted molar refractivity (Wildman–Crippen MR) is 99.3 cm³/mol. The molecule has 24 heavy (non-hydrogen) atoms. The van der Waals surface area contributed by atoms with Crippen LogP contribution in [0.25, 0.3) is 0 Å². The highest BCUT2D eigenvalue weighted by Crippen LogP contribution is 2.20. The third-order valence-corrected chi connectivity index (χ3v) is 4.05. The van der Waals surface area contributed by atoms with Gasteiger partial charge in [0.25, 0.3) is 0 Å². The van der Waals surface area contributed by atoms with Gasteiger partial charge in [0.05, 0.1) is 5.69 Å². The van der Waals surface area contributed by atoms with E-state index < -0.39 is 0 Å². The van der Waals surface area contributed by atoms with Gasteiger partial charge < -0.3 is 20.4 Å². The molecule has 0 spiro atoms. The monoisotopic (exact) mass is 335 g/mol. The van der Waals surface area contributed by atoms with Gasteiger partial charge in [-0.1, -0.05) is 12.1 Å². The molecule has 0 atom stereocenters. The van der Waals surface area contributed by atoms with E-state index in [0.29, 0.717) is 5.69 Å². The smallest absolute Gasteiger partial charge is 0.193 e. The molecular formula is C18H30FN5. The molecule has 0 aliphatic carbocycles. The molecule has 1 fully saturated rings. The molecule has 6 heteroatoms. The van der Waals surface area contributed by atoms with Gasteiger partial charge in [0, 0.05) is 51.9 Å². The van der Waals surface area contributed by atoms with Crippen molar-refractivity contribution in [2.45, 2.75) is 26.3 Å². The number of aliphatic imine (C=N–C) groups is 1. The Kier molecular flexibility index (Phi) is 6.43. The number of rotatable bonds is 4. The number of benzene rings is 1. The first-order valence-electron chi connectivity index (χ1n) is 8.61. The summed E-state index contributed by atoms with van der Waals surface area (Å²) in [6.07, 6.45) is 0. The first-order valence-corrected chi connectivity index (χ1v) is 8.61. The lowest BCUT2D eigenvalue weighted by Gasteiger charge is -2.37. The Hall–Kier alpha value is -1.82. The van der Waals surface area contributed by atoms with E-state index in [-0.39, 0.29) is 11.4 Å². The molecule has 1 aliphatic heterocycles. The van der Waals surface area contributed by atoms with Crippen LogP contribution in [0.2, 0.25) is 0 Å². The van der Waals surface area contributed by atoms with Crippen LogP contribution in [0.1, 0.15) is 20.8 Å². The molecule has 0 radical (unpaired) electrons. The van der Waals surface area contributed by atoms with Gasteiger partial charge >= 0.3 is 0 Å². The third kappa shape index (κ3) is 5.37. The van der Waals surface area contributed by atoms with Crippen LogP contribution in [0.5, 0.6) is 0 Å². The zero-order valence-corrected chi connectivity index (χ0v) is 15.3. The fourth-order valence-electron chi connectivity index (χ4n) is 2.81. The molecule has 1 saturated heterocycles. The highest BCUT2D eigenvalue weighted by Gasteiger charge is 2.21. The van der Waals surface area contributed by atoms with E-state index in [4.69, 9.17) is 0 Å². The fraction of sp³-hybridized carbons (Fsp3) is 0.611. The second kappa shape index (κ2) is 8.33. The van der Waals surface area contributed by atoms with Gasteiger partial charge in [0.1, 0.15) is 5.82 Å². The molecular weight excluding hydrogens is 305 g/mol. The average Bonchev–Trinajstić information content (AvgIpc) is 2.55. The van der Waals surface area contributed by atoms with Gasteiger partial charge in [-0.05, 0) is 32.9 Å². The minimum Gasteiger partial charge on any atom is -0.366 e. The van der Waals surface area contributed by atoms with E-state index in [2.05, 4.69) is 46.2 Å². The van der Waals surface area contributed by atoms with Crippen LogP contribution < -0.4 is 15.5 Å². The molecule has 1 aromatic rings. The van der Waals surface area contributed by atoms with Crippen molar-refractivity contribution in [3.05, 3.63) is 30.1 Å². The van der Waals surface area contributed by atoms with Crippen molar-refractivity contribution in [1.29, 1.82) is 0 Å². The molecule has 0 amide bonds. The second-order valence-corrected chi connectivity index (χ2v) is 7.08. The second-order valence-electron chi connectivity index (χ2n) is 7.08. The van der Waals surface area contributed by atoms with Crippen LogP contribution in [0.4, 0.5) is 10.1 Å². The van der Waals surface area contributed by atoms with Crippen molar-refractivity contribution in [2.24, 2.45) is 4.99 Å². The van der Waals surface area contributed by atoms with Crippen molar-refractivity contribution in [1.82, 2.24) is 15.5 Å². The molecule has 1 aromatic carbocycles. The topological polar surface area (TPSA) is 42.9 Å². The lowest BCUT2D eigenvalue weighted by molar-refractivity contribution is 0.368. The van der Waals surface area contributed by atoms with Crippen LogP contribution in [-0.2, 0) is 0 Å². The molecule has 1 heterocycles. The molecule has 5 nitrogen and oxygen atoms in total. The average molecular weight is 335 g/mol. The molecule has 0 aromatic heterocycles. The van der Waals surface area contributed by atoms with Crippen molar-refractivity contribution in [3.63, 3.8) is 0 Å². The van der Waals surface area contributed by atoms with E-state index in [9.17, 15) is 4.39 Å². The first-order chi connectivity index (χ1) is 11.4. The van der Waals surface area contributed by atoms with E-state index >= 15 is 0 Å². The molecule has 0 saturated carbocycles.